The fourth-order valence-electron chi connectivity index (χ4n) is 1.85. The molecule has 0 saturated carbocycles. The summed E-state index contributed by atoms with van der Waals surface area (Å²) < 4.78 is 1.02. The molecule has 0 aromatic heterocycles. The molecular weight excluding hydrogens is 338 g/mol. The molecule has 1 amide bonds. The highest BCUT2D eigenvalue weighted by atomic mass is 79.9. The molecule has 0 fully saturated rings. The molecule has 0 bridgehead atoms. The molecule has 0 aliphatic rings. The zero-order valence-electron chi connectivity index (χ0n) is 10.9. The minimum Gasteiger partial charge on any atom is -0.355 e. The molecule has 0 saturated heterocycles. The number of amides is 1. The molecule has 2 rings (SSSR count). The third-order valence-corrected chi connectivity index (χ3v) is 3.71. The molecule has 0 aliphatic heterocycles. The van der Waals surface area contributed by atoms with Crippen molar-refractivity contribution in [2.24, 2.45) is 0 Å². The number of benzene rings is 2. The predicted octanol–water partition coefficient (Wildman–Crippen LogP) is 4.00. The first kappa shape index (κ1) is 15.1. The van der Waals surface area contributed by atoms with Gasteiger partial charge in [0.1, 0.15) is 0 Å². The number of halogens is 2. The van der Waals surface area contributed by atoms with E-state index in [0.717, 1.165) is 21.5 Å². The molecule has 2 nitrogen and oxygen atoms in total. The van der Waals surface area contributed by atoms with Crippen LogP contribution in [0.5, 0.6) is 0 Å². The van der Waals surface area contributed by atoms with Gasteiger partial charge < -0.3 is 5.32 Å². The van der Waals surface area contributed by atoms with Crippen LogP contribution in [0, 0.1) is 0 Å². The fraction of sp³-hybridized carbons (Fsp3) is 0.188. The summed E-state index contributed by atoms with van der Waals surface area (Å²) in [6, 6.07) is 15.5. The molecular formula is C16H15BrClNO. The lowest BCUT2D eigenvalue weighted by molar-refractivity contribution is -0.120. The summed E-state index contributed by atoms with van der Waals surface area (Å²) >= 11 is 9.20. The van der Waals surface area contributed by atoms with Crippen LogP contribution >= 0.6 is 27.5 Å². The van der Waals surface area contributed by atoms with Gasteiger partial charge in [0.05, 0.1) is 6.42 Å². The molecule has 0 spiro atoms. The van der Waals surface area contributed by atoms with Gasteiger partial charge in [0.15, 0.2) is 0 Å². The Morgan fingerprint density at radius 2 is 1.60 bits per heavy atom. The van der Waals surface area contributed by atoms with Crippen molar-refractivity contribution >= 4 is 33.4 Å². The number of hydrogen-bond acceptors (Lipinski definition) is 1. The van der Waals surface area contributed by atoms with Crippen molar-refractivity contribution in [1.29, 1.82) is 0 Å². The summed E-state index contributed by atoms with van der Waals surface area (Å²) in [5, 5.41) is 3.65. The number of carbonyl (C=O) groups excluding carboxylic acids is 1. The molecule has 0 radical (unpaired) electrons. The standard InChI is InChI=1S/C16H15BrClNO/c17-14-5-1-13(2-6-14)11-16(20)19-10-9-12-3-7-15(18)8-4-12/h1-8H,9-11H2,(H,19,20). The Balaban J connectivity index is 1.75. The third-order valence-electron chi connectivity index (χ3n) is 2.93. The van der Waals surface area contributed by atoms with Crippen molar-refractivity contribution in [1.82, 2.24) is 5.32 Å². The Labute approximate surface area is 132 Å². The molecule has 1 N–H and O–H groups in total. The highest BCUT2D eigenvalue weighted by Gasteiger charge is 2.03. The van der Waals surface area contributed by atoms with Crippen molar-refractivity contribution in [3.8, 4) is 0 Å². The third kappa shape index (κ3) is 4.99. The summed E-state index contributed by atoms with van der Waals surface area (Å²) in [5.41, 5.74) is 2.18. The normalized spacial score (nSPS) is 10.3. The highest BCUT2D eigenvalue weighted by Crippen LogP contribution is 2.11. The van der Waals surface area contributed by atoms with Gasteiger partial charge in [0, 0.05) is 16.0 Å². The van der Waals surface area contributed by atoms with E-state index in [1.54, 1.807) is 0 Å². The second-order valence-corrected chi connectivity index (χ2v) is 5.88. The summed E-state index contributed by atoms with van der Waals surface area (Å²) in [4.78, 5) is 11.8. The topological polar surface area (TPSA) is 29.1 Å². The van der Waals surface area contributed by atoms with Crippen molar-refractivity contribution in [2.45, 2.75) is 12.8 Å². The average molecular weight is 353 g/mol. The van der Waals surface area contributed by atoms with Gasteiger partial charge in [-0.3, -0.25) is 4.79 Å². The Hall–Kier alpha value is -1.32. The van der Waals surface area contributed by atoms with Gasteiger partial charge in [0.25, 0.3) is 0 Å². The quantitative estimate of drug-likeness (QED) is 0.865. The second kappa shape index (κ2) is 7.46. The van der Waals surface area contributed by atoms with Crippen LogP contribution in [0.3, 0.4) is 0 Å². The second-order valence-electron chi connectivity index (χ2n) is 4.53. The maximum atomic E-state index is 11.8. The van der Waals surface area contributed by atoms with Gasteiger partial charge >= 0.3 is 0 Å². The van der Waals surface area contributed by atoms with Gasteiger partial charge in [-0.2, -0.15) is 0 Å². The minimum atomic E-state index is 0.0429. The lowest BCUT2D eigenvalue weighted by atomic mass is 10.1. The van der Waals surface area contributed by atoms with Gasteiger partial charge in [-0.15, -0.1) is 0 Å². The number of hydrogen-bond donors (Lipinski definition) is 1. The Morgan fingerprint density at radius 3 is 2.25 bits per heavy atom. The van der Waals surface area contributed by atoms with Crippen molar-refractivity contribution < 1.29 is 4.79 Å². The van der Waals surface area contributed by atoms with E-state index in [4.69, 9.17) is 11.6 Å². The van der Waals surface area contributed by atoms with E-state index in [1.807, 2.05) is 48.5 Å². The summed E-state index contributed by atoms with van der Waals surface area (Å²) in [6.45, 7) is 0.636. The largest absolute Gasteiger partial charge is 0.355 e. The SMILES string of the molecule is O=C(Cc1ccc(Br)cc1)NCCc1ccc(Cl)cc1. The molecule has 4 heteroatoms. The first-order chi connectivity index (χ1) is 9.63. The molecule has 20 heavy (non-hydrogen) atoms. The van der Waals surface area contributed by atoms with Crippen LogP contribution in [0.25, 0.3) is 0 Å². The van der Waals surface area contributed by atoms with Crippen molar-refractivity contribution in [3.63, 3.8) is 0 Å². The zero-order chi connectivity index (χ0) is 14.4. The fourth-order valence-corrected chi connectivity index (χ4v) is 2.24. The average Bonchev–Trinajstić information content (AvgIpc) is 2.44. The van der Waals surface area contributed by atoms with E-state index in [1.165, 1.54) is 5.56 Å². The number of nitrogens with one attached hydrogen (secondary N) is 1. The summed E-state index contributed by atoms with van der Waals surface area (Å²) in [7, 11) is 0. The first-order valence-corrected chi connectivity index (χ1v) is 7.56. The first-order valence-electron chi connectivity index (χ1n) is 6.39. The van der Waals surface area contributed by atoms with E-state index in [9.17, 15) is 4.79 Å². The zero-order valence-corrected chi connectivity index (χ0v) is 13.2. The Morgan fingerprint density at radius 1 is 1.00 bits per heavy atom. The van der Waals surface area contributed by atoms with E-state index in [-0.39, 0.29) is 5.91 Å². The van der Waals surface area contributed by atoms with E-state index >= 15 is 0 Å². The smallest absolute Gasteiger partial charge is 0.224 e. The maximum absolute atomic E-state index is 11.8. The van der Waals surface area contributed by atoms with Crippen LogP contribution < -0.4 is 5.32 Å². The Bertz CT molecular complexity index is 566. The Kier molecular flexibility index (Phi) is 5.62. The van der Waals surface area contributed by atoms with Crippen LogP contribution in [-0.2, 0) is 17.6 Å². The summed E-state index contributed by atoms with van der Waals surface area (Å²) in [5.74, 6) is 0.0429. The molecule has 0 heterocycles. The van der Waals surface area contributed by atoms with Gasteiger partial charge in [-0.1, -0.05) is 51.8 Å². The van der Waals surface area contributed by atoms with E-state index in [0.29, 0.717) is 13.0 Å². The molecule has 2 aromatic carbocycles. The van der Waals surface area contributed by atoms with Gasteiger partial charge in [-0.25, -0.2) is 0 Å². The van der Waals surface area contributed by atoms with E-state index < -0.39 is 0 Å². The lowest BCUT2D eigenvalue weighted by Gasteiger charge is -2.06. The molecule has 2 aromatic rings. The van der Waals surface area contributed by atoms with Crippen molar-refractivity contribution in [2.75, 3.05) is 6.54 Å². The summed E-state index contributed by atoms with van der Waals surface area (Å²) in [6.07, 6.45) is 1.22. The monoisotopic (exact) mass is 351 g/mol. The molecule has 104 valence electrons. The van der Waals surface area contributed by atoms with Gasteiger partial charge in [0.2, 0.25) is 5.91 Å². The van der Waals surface area contributed by atoms with Crippen LogP contribution in [0.4, 0.5) is 0 Å². The van der Waals surface area contributed by atoms with Crippen LogP contribution in [-0.4, -0.2) is 12.5 Å². The lowest BCUT2D eigenvalue weighted by Crippen LogP contribution is -2.27. The van der Waals surface area contributed by atoms with Gasteiger partial charge in [-0.05, 0) is 41.8 Å². The van der Waals surface area contributed by atoms with Crippen LogP contribution in [0.1, 0.15) is 11.1 Å². The maximum Gasteiger partial charge on any atom is 0.224 e. The number of carbonyl (C=O) groups is 1. The molecule has 0 unspecified atom stereocenters. The molecule has 0 atom stereocenters. The minimum absolute atomic E-state index is 0.0429. The van der Waals surface area contributed by atoms with E-state index in [2.05, 4.69) is 21.2 Å². The molecule has 0 aliphatic carbocycles. The van der Waals surface area contributed by atoms with Crippen LogP contribution in [0.2, 0.25) is 5.02 Å². The number of rotatable bonds is 5. The van der Waals surface area contributed by atoms with Crippen LogP contribution in [0.15, 0.2) is 53.0 Å². The predicted molar refractivity (Wildman–Crippen MR) is 86.0 cm³/mol. The highest BCUT2D eigenvalue weighted by molar-refractivity contribution is 9.10. The van der Waals surface area contributed by atoms with Crippen molar-refractivity contribution in [3.05, 3.63) is 69.2 Å².